The number of hydrogen-bond acceptors (Lipinski definition) is 4. The standard InChI is InChI=1S/C13H13F3N4/c1-3-17-12-6-13(19-7(2)18-12)20-11-5-9(15)8(14)4-10(11)16/h4-6H,3H2,1-2H3,(H2,17,18,19,20). The fourth-order valence-corrected chi connectivity index (χ4v) is 1.66. The number of nitrogens with zero attached hydrogens (tertiary/aromatic N) is 2. The number of hydrogen-bond donors (Lipinski definition) is 2. The van der Waals surface area contributed by atoms with Crippen LogP contribution in [0.3, 0.4) is 0 Å². The minimum Gasteiger partial charge on any atom is -0.370 e. The van der Waals surface area contributed by atoms with Crippen LogP contribution in [0.15, 0.2) is 18.2 Å². The predicted octanol–water partition coefficient (Wildman–Crippen LogP) is 3.38. The van der Waals surface area contributed by atoms with Crippen LogP contribution < -0.4 is 10.6 Å². The molecule has 0 bridgehead atoms. The van der Waals surface area contributed by atoms with Crippen molar-refractivity contribution in [1.29, 1.82) is 0 Å². The molecule has 0 atom stereocenters. The second-order valence-electron chi connectivity index (χ2n) is 4.09. The largest absolute Gasteiger partial charge is 0.370 e. The molecular formula is C13H13F3N4. The molecule has 2 rings (SSSR count). The third kappa shape index (κ3) is 3.17. The Labute approximate surface area is 114 Å². The highest BCUT2D eigenvalue weighted by Gasteiger charge is 2.11. The molecule has 0 radical (unpaired) electrons. The zero-order chi connectivity index (χ0) is 14.7. The minimum atomic E-state index is -1.24. The van der Waals surface area contributed by atoms with Crippen molar-refractivity contribution < 1.29 is 13.2 Å². The molecule has 2 N–H and O–H groups in total. The van der Waals surface area contributed by atoms with E-state index in [0.717, 1.165) is 6.07 Å². The summed E-state index contributed by atoms with van der Waals surface area (Å²) in [7, 11) is 0. The molecule has 1 aromatic heterocycles. The van der Waals surface area contributed by atoms with Crippen molar-refractivity contribution in [2.24, 2.45) is 0 Å². The van der Waals surface area contributed by atoms with Crippen LogP contribution in [0.1, 0.15) is 12.7 Å². The third-order valence-corrected chi connectivity index (χ3v) is 2.47. The van der Waals surface area contributed by atoms with Gasteiger partial charge >= 0.3 is 0 Å². The first-order valence-corrected chi connectivity index (χ1v) is 6.00. The first kappa shape index (κ1) is 14.1. The lowest BCUT2D eigenvalue weighted by atomic mass is 10.3. The van der Waals surface area contributed by atoms with Crippen molar-refractivity contribution >= 4 is 17.3 Å². The molecule has 0 aliphatic heterocycles. The van der Waals surface area contributed by atoms with E-state index in [-0.39, 0.29) is 5.69 Å². The normalized spacial score (nSPS) is 10.4. The Kier molecular flexibility index (Phi) is 4.07. The van der Waals surface area contributed by atoms with E-state index in [0.29, 0.717) is 30.1 Å². The van der Waals surface area contributed by atoms with E-state index in [1.807, 2.05) is 6.92 Å². The summed E-state index contributed by atoms with van der Waals surface area (Å²) in [6.07, 6.45) is 0. The maximum absolute atomic E-state index is 13.5. The Balaban J connectivity index is 2.32. The van der Waals surface area contributed by atoms with Crippen LogP contribution in [0.4, 0.5) is 30.5 Å². The topological polar surface area (TPSA) is 49.8 Å². The number of aromatic nitrogens is 2. The maximum atomic E-state index is 13.5. The van der Waals surface area contributed by atoms with Crippen molar-refractivity contribution in [2.45, 2.75) is 13.8 Å². The van der Waals surface area contributed by atoms with Crippen LogP contribution in [-0.2, 0) is 0 Å². The van der Waals surface area contributed by atoms with Gasteiger partial charge in [-0.3, -0.25) is 0 Å². The molecular weight excluding hydrogens is 269 g/mol. The molecule has 4 nitrogen and oxygen atoms in total. The second kappa shape index (κ2) is 5.77. The molecule has 0 spiro atoms. The monoisotopic (exact) mass is 282 g/mol. The van der Waals surface area contributed by atoms with E-state index in [4.69, 9.17) is 0 Å². The molecule has 0 fully saturated rings. The minimum absolute atomic E-state index is 0.190. The summed E-state index contributed by atoms with van der Waals surface area (Å²) in [5, 5.41) is 5.60. The van der Waals surface area contributed by atoms with Gasteiger partial charge < -0.3 is 10.6 Å². The molecule has 1 heterocycles. The van der Waals surface area contributed by atoms with Gasteiger partial charge in [0.05, 0.1) is 5.69 Å². The van der Waals surface area contributed by atoms with Crippen LogP contribution in [0.25, 0.3) is 0 Å². The molecule has 1 aromatic carbocycles. The Bertz CT molecular complexity index is 631. The summed E-state index contributed by atoms with van der Waals surface area (Å²) < 4.78 is 39.5. The van der Waals surface area contributed by atoms with Crippen LogP contribution in [0, 0.1) is 24.4 Å². The van der Waals surface area contributed by atoms with E-state index in [9.17, 15) is 13.2 Å². The molecule has 0 amide bonds. The van der Waals surface area contributed by atoms with E-state index >= 15 is 0 Å². The summed E-state index contributed by atoms with van der Waals surface area (Å²) in [6.45, 7) is 4.24. The smallest absolute Gasteiger partial charge is 0.161 e. The molecule has 0 saturated heterocycles. The molecule has 106 valence electrons. The van der Waals surface area contributed by atoms with Gasteiger partial charge in [-0.1, -0.05) is 0 Å². The maximum Gasteiger partial charge on any atom is 0.161 e. The molecule has 0 unspecified atom stereocenters. The number of nitrogens with one attached hydrogen (secondary N) is 2. The number of halogens is 3. The van der Waals surface area contributed by atoms with Crippen molar-refractivity contribution in [3.8, 4) is 0 Å². The SMILES string of the molecule is CCNc1cc(Nc2cc(F)c(F)cc2F)nc(C)n1. The van der Waals surface area contributed by atoms with Gasteiger partial charge in [0.2, 0.25) is 0 Å². The highest BCUT2D eigenvalue weighted by molar-refractivity contribution is 5.59. The van der Waals surface area contributed by atoms with Gasteiger partial charge in [-0.15, -0.1) is 0 Å². The zero-order valence-electron chi connectivity index (χ0n) is 11.0. The second-order valence-corrected chi connectivity index (χ2v) is 4.09. The fraction of sp³-hybridized carbons (Fsp3) is 0.231. The van der Waals surface area contributed by atoms with Crippen LogP contribution in [0.2, 0.25) is 0 Å². The molecule has 0 aliphatic carbocycles. The van der Waals surface area contributed by atoms with E-state index in [1.54, 1.807) is 13.0 Å². The Hall–Kier alpha value is -2.31. The first-order valence-electron chi connectivity index (χ1n) is 6.00. The van der Waals surface area contributed by atoms with Crippen LogP contribution in [0.5, 0.6) is 0 Å². The predicted molar refractivity (Wildman–Crippen MR) is 70.5 cm³/mol. The number of rotatable bonds is 4. The highest BCUT2D eigenvalue weighted by Crippen LogP contribution is 2.22. The average molecular weight is 282 g/mol. The number of anilines is 3. The van der Waals surface area contributed by atoms with Crippen molar-refractivity contribution in [3.05, 3.63) is 41.5 Å². The Morgan fingerprint density at radius 2 is 1.60 bits per heavy atom. The number of aryl methyl sites for hydroxylation is 1. The van der Waals surface area contributed by atoms with Crippen LogP contribution >= 0.6 is 0 Å². The summed E-state index contributed by atoms with van der Waals surface area (Å²) >= 11 is 0. The van der Waals surface area contributed by atoms with E-state index in [1.165, 1.54) is 0 Å². The van der Waals surface area contributed by atoms with Gasteiger partial charge in [0.25, 0.3) is 0 Å². The van der Waals surface area contributed by atoms with Gasteiger partial charge in [0.1, 0.15) is 23.3 Å². The van der Waals surface area contributed by atoms with Crippen LogP contribution in [-0.4, -0.2) is 16.5 Å². The average Bonchev–Trinajstić information content (AvgIpc) is 2.35. The summed E-state index contributed by atoms with van der Waals surface area (Å²) in [4.78, 5) is 8.19. The van der Waals surface area contributed by atoms with Crippen molar-refractivity contribution in [3.63, 3.8) is 0 Å². The van der Waals surface area contributed by atoms with Crippen molar-refractivity contribution in [2.75, 3.05) is 17.2 Å². The zero-order valence-corrected chi connectivity index (χ0v) is 11.0. The lowest BCUT2D eigenvalue weighted by Crippen LogP contribution is -2.05. The van der Waals surface area contributed by atoms with Gasteiger partial charge in [-0.25, -0.2) is 23.1 Å². The summed E-state index contributed by atoms with van der Waals surface area (Å²) in [6, 6.07) is 2.78. The quantitative estimate of drug-likeness (QED) is 0.844. The van der Waals surface area contributed by atoms with Gasteiger partial charge in [-0.2, -0.15) is 0 Å². The Morgan fingerprint density at radius 3 is 2.30 bits per heavy atom. The van der Waals surface area contributed by atoms with Crippen molar-refractivity contribution in [1.82, 2.24) is 9.97 Å². The highest BCUT2D eigenvalue weighted by atomic mass is 19.2. The third-order valence-electron chi connectivity index (χ3n) is 2.47. The van der Waals surface area contributed by atoms with Gasteiger partial charge in [-0.05, 0) is 13.8 Å². The lowest BCUT2D eigenvalue weighted by Gasteiger charge is -2.10. The van der Waals surface area contributed by atoms with E-state index < -0.39 is 17.5 Å². The first-order chi connectivity index (χ1) is 9.49. The van der Waals surface area contributed by atoms with Gasteiger partial charge in [0.15, 0.2) is 11.6 Å². The molecule has 20 heavy (non-hydrogen) atoms. The summed E-state index contributed by atoms with van der Waals surface area (Å²) in [5.74, 6) is -1.95. The number of benzene rings is 1. The fourth-order valence-electron chi connectivity index (χ4n) is 1.66. The molecule has 0 aliphatic rings. The Morgan fingerprint density at radius 1 is 0.950 bits per heavy atom. The van der Waals surface area contributed by atoms with E-state index in [2.05, 4.69) is 20.6 Å². The summed E-state index contributed by atoms with van der Waals surface area (Å²) in [5.41, 5.74) is -0.190. The molecule has 0 saturated carbocycles. The lowest BCUT2D eigenvalue weighted by molar-refractivity contribution is 0.496. The molecule has 2 aromatic rings. The molecule has 7 heteroatoms. The van der Waals surface area contributed by atoms with Gasteiger partial charge in [0, 0.05) is 24.7 Å².